The second-order valence-electron chi connectivity index (χ2n) is 5.35. The number of nitrogens with zero attached hydrogens (tertiary/aromatic N) is 2. The van der Waals surface area contributed by atoms with Crippen LogP contribution in [0.15, 0.2) is 59.5 Å². The van der Waals surface area contributed by atoms with E-state index >= 15 is 0 Å². The van der Waals surface area contributed by atoms with E-state index in [0.29, 0.717) is 5.70 Å². The van der Waals surface area contributed by atoms with Gasteiger partial charge in [-0.25, -0.2) is 0 Å². The Morgan fingerprint density at radius 2 is 1.64 bits per heavy atom. The number of amides is 1. The Labute approximate surface area is 129 Å². The maximum Gasteiger partial charge on any atom is 0.270 e. The first-order valence-electron chi connectivity index (χ1n) is 7.50. The number of aromatic nitrogens is 1. The molecule has 0 atom stereocenters. The van der Waals surface area contributed by atoms with Crippen LogP contribution < -0.4 is 5.56 Å². The molecule has 1 aliphatic heterocycles. The Morgan fingerprint density at radius 1 is 0.955 bits per heavy atom. The van der Waals surface area contributed by atoms with Gasteiger partial charge < -0.3 is 4.90 Å². The smallest absolute Gasteiger partial charge is 0.270 e. The summed E-state index contributed by atoms with van der Waals surface area (Å²) in [6, 6.07) is 14.5. The standard InChI is InChI=1S/C18H18N2O2/c21-17-10-4-5-13-20(17)16(14-15-8-2-1-3-9-15)18(22)19-11-6-7-12-19/h1-5,8-10,13-14H,6-7,11-12H2. The molecule has 0 unspecified atom stereocenters. The molecule has 1 aliphatic rings. The molecule has 2 aromatic rings. The molecule has 0 saturated carbocycles. The third kappa shape index (κ3) is 3.01. The lowest BCUT2D eigenvalue weighted by Crippen LogP contribution is -2.33. The van der Waals surface area contributed by atoms with Crippen molar-refractivity contribution >= 4 is 17.7 Å². The molecule has 4 nitrogen and oxygen atoms in total. The molecule has 0 spiro atoms. The van der Waals surface area contributed by atoms with Gasteiger partial charge in [0.2, 0.25) is 0 Å². The molecule has 4 heteroatoms. The maximum atomic E-state index is 12.8. The Morgan fingerprint density at radius 3 is 2.32 bits per heavy atom. The highest BCUT2D eigenvalue weighted by Crippen LogP contribution is 2.17. The van der Waals surface area contributed by atoms with E-state index < -0.39 is 0 Å². The van der Waals surface area contributed by atoms with Gasteiger partial charge >= 0.3 is 0 Å². The van der Waals surface area contributed by atoms with Crippen LogP contribution in [0.25, 0.3) is 11.8 Å². The van der Waals surface area contributed by atoms with E-state index in [1.165, 1.54) is 10.6 Å². The van der Waals surface area contributed by atoms with Crippen molar-refractivity contribution in [2.75, 3.05) is 13.1 Å². The van der Waals surface area contributed by atoms with Gasteiger partial charge in [-0.05, 0) is 30.5 Å². The number of hydrogen-bond acceptors (Lipinski definition) is 2. The van der Waals surface area contributed by atoms with Gasteiger partial charge in [0.25, 0.3) is 11.5 Å². The minimum atomic E-state index is -0.197. The lowest BCUT2D eigenvalue weighted by atomic mass is 10.2. The quantitative estimate of drug-likeness (QED) is 0.816. The highest BCUT2D eigenvalue weighted by molar-refractivity contribution is 6.18. The summed E-state index contributed by atoms with van der Waals surface area (Å²) < 4.78 is 1.42. The van der Waals surface area contributed by atoms with Gasteiger partial charge in [-0.2, -0.15) is 0 Å². The summed E-state index contributed by atoms with van der Waals surface area (Å²) in [7, 11) is 0. The number of carbonyl (C=O) groups excluding carboxylic acids is 1. The summed E-state index contributed by atoms with van der Waals surface area (Å²) in [6.07, 6.45) is 5.47. The molecule has 1 fully saturated rings. The van der Waals surface area contributed by atoms with Crippen LogP contribution in [0.4, 0.5) is 0 Å². The topological polar surface area (TPSA) is 42.3 Å². The van der Waals surface area contributed by atoms with Crippen LogP contribution in [-0.2, 0) is 4.79 Å². The van der Waals surface area contributed by atoms with Crippen LogP contribution in [0.3, 0.4) is 0 Å². The van der Waals surface area contributed by atoms with Crippen molar-refractivity contribution in [2.24, 2.45) is 0 Å². The van der Waals surface area contributed by atoms with Crippen molar-refractivity contribution in [3.8, 4) is 0 Å². The van der Waals surface area contributed by atoms with Gasteiger partial charge in [-0.15, -0.1) is 0 Å². The van der Waals surface area contributed by atoms with E-state index in [-0.39, 0.29) is 11.5 Å². The Bertz CT molecular complexity index is 741. The average molecular weight is 294 g/mol. The predicted molar refractivity (Wildman–Crippen MR) is 87.1 cm³/mol. The molecule has 0 aliphatic carbocycles. The fourth-order valence-corrected chi connectivity index (χ4v) is 2.65. The first-order chi connectivity index (χ1) is 10.8. The monoisotopic (exact) mass is 294 g/mol. The van der Waals surface area contributed by atoms with Crippen LogP contribution in [0.2, 0.25) is 0 Å². The van der Waals surface area contributed by atoms with Gasteiger partial charge in [-0.3, -0.25) is 14.2 Å². The van der Waals surface area contributed by atoms with E-state index in [4.69, 9.17) is 0 Å². The van der Waals surface area contributed by atoms with Crippen LogP contribution in [0, 0.1) is 0 Å². The van der Waals surface area contributed by atoms with Crippen LogP contribution in [0.1, 0.15) is 18.4 Å². The number of pyridine rings is 1. The van der Waals surface area contributed by atoms with Crippen molar-refractivity contribution in [3.63, 3.8) is 0 Å². The molecule has 3 rings (SSSR count). The molecular formula is C18H18N2O2. The van der Waals surface area contributed by atoms with Gasteiger partial charge in [-0.1, -0.05) is 36.4 Å². The normalized spacial score (nSPS) is 15.1. The first-order valence-corrected chi connectivity index (χ1v) is 7.50. The maximum absolute atomic E-state index is 12.8. The second kappa shape index (κ2) is 6.43. The summed E-state index contributed by atoms with van der Waals surface area (Å²) >= 11 is 0. The van der Waals surface area contributed by atoms with Crippen molar-refractivity contribution in [1.82, 2.24) is 9.47 Å². The van der Waals surface area contributed by atoms with Crippen LogP contribution >= 0.6 is 0 Å². The van der Waals surface area contributed by atoms with Gasteiger partial charge in [0.1, 0.15) is 5.70 Å². The zero-order valence-corrected chi connectivity index (χ0v) is 12.3. The van der Waals surface area contributed by atoms with Gasteiger partial charge in [0, 0.05) is 25.4 Å². The Kier molecular flexibility index (Phi) is 4.19. The molecule has 2 heterocycles. The minimum Gasteiger partial charge on any atom is -0.337 e. The molecule has 1 amide bonds. The number of benzene rings is 1. The summed E-state index contributed by atoms with van der Waals surface area (Å²) in [6.45, 7) is 1.51. The lowest BCUT2D eigenvalue weighted by Gasteiger charge is -2.18. The predicted octanol–water partition coefficient (Wildman–Crippen LogP) is 2.47. The third-order valence-electron chi connectivity index (χ3n) is 3.80. The molecule has 22 heavy (non-hydrogen) atoms. The van der Waals surface area contributed by atoms with Crippen LogP contribution in [-0.4, -0.2) is 28.5 Å². The average Bonchev–Trinajstić information content (AvgIpc) is 3.08. The number of hydrogen-bond donors (Lipinski definition) is 0. The molecular weight excluding hydrogens is 276 g/mol. The minimum absolute atomic E-state index is 0.0883. The zero-order valence-electron chi connectivity index (χ0n) is 12.3. The van der Waals surface area contributed by atoms with E-state index in [1.807, 2.05) is 35.2 Å². The van der Waals surface area contributed by atoms with Crippen molar-refractivity contribution in [3.05, 3.63) is 70.6 Å². The molecule has 1 saturated heterocycles. The highest BCUT2D eigenvalue weighted by atomic mass is 16.2. The van der Waals surface area contributed by atoms with E-state index in [2.05, 4.69) is 0 Å². The molecule has 112 valence electrons. The number of carbonyl (C=O) groups is 1. The molecule has 1 aromatic carbocycles. The Hall–Kier alpha value is -2.62. The van der Waals surface area contributed by atoms with Crippen LogP contribution in [0.5, 0.6) is 0 Å². The highest BCUT2D eigenvalue weighted by Gasteiger charge is 2.23. The summed E-state index contributed by atoms with van der Waals surface area (Å²) in [5.41, 5.74) is 1.11. The largest absolute Gasteiger partial charge is 0.337 e. The van der Waals surface area contributed by atoms with Crippen molar-refractivity contribution in [2.45, 2.75) is 12.8 Å². The van der Waals surface area contributed by atoms with Crippen molar-refractivity contribution in [1.29, 1.82) is 0 Å². The third-order valence-corrected chi connectivity index (χ3v) is 3.80. The SMILES string of the molecule is O=C(C(=Cc1ccccc1)n1ccccc1=O)N1CCCC1. The van der Waals surface area contributed by atoms with E-state index in [9.17, 15) is 9.59 Å². The summed E-state index contributed by atoms with van der Waals surface area (Å²) in [4.78, 5) is 26.7. The fraction of sp³-hybridized carbons (Fsp3) is 0.222. The molecule has 0 radical (unpaired) electrons. The number of likely N-dealkylation sites (tertiary alicyclic amines) is 1. The van der Waals surface area contributed by atoms with Gasteiger partial charge in [0.05, 0.1) is 0 Å². The molecule has 1 aromatic heterocycles. The fourth-order valence-electron chi connectivity index (χ4n) is 2.65. The summed E-state index contributed by atoms with van der Waals surface area (Å²) in [5.74, 6) is -0.0883. The Balaban J connectivity index is 2.06. The molecule has 0 N–H and O–H groups in total. The second-order valence-corrected chi connectivity index (χ2v) is 5.35. The van der Waals surface area contributed by atoms with E-state index in [0.717, 1.165) is 31.5 Å². The van der Waals surface area contributed by atoms with Crippen molar-refractivity contribution < 1.29 is 4.79 Å². The molecule has 0 bridgehead atoms. The van der Waals surface area contributed by atoms with E-state index in [1.54, 1.807) is 24.4 Å². The first kappa shape index (κ1) is 14.3. The van der Waals surface area contributed by atoms with Gasteiger partial charge in [0.15, 0.2) is 0 Å². The number of rotatable bonds is 3. The zero-order chi connectivity index (χ0) is 15.4. The lowest BCUT2D eigenvalue weighted by molar-refractivity contribution is -0.124. The summed E-state index contributed by atoms with van der Waals surface area (Å²) in [5, 5.41) is 0.